The number of pyridine rings is 2. The lowest BCUT2D eigenvalue weighted by Crippen LogP contribution is -2.32. The number of aromatic amines is 1. The molecule has 4 N–H and O–H groups in total. The molecule has 3 heterocycles. The summed E-state index contributed by atoms with van der Waals surface area (Å²) in [4.78, 5) is 6.95. The summed E-state index contributed by atoms with van der Waals surface area (Å²) in [6.07, 6.45) is -4.23. The number of aliphatic hydroxyl groups excluding tert-OH is 3. The normalized spacial score (nSPS) is 28.4. The maximum Gasteiger partial charge on any atom is 0.145 e. The molecule has 118 valence electrons. The van der Waals surface area contributed by atoms with E-state index in [1.54, 1.807) is 13.0 Å². The van der Waals surface area contributed by atoms with Crippen LogP contribution in [0.1, 0.15) is 17.4 Å². The number of nitrogens with zero attached hydrogens (tertiary/aromatic N) is 1. The largest absolute Gasteiger partial charge is 0.394 e. The lowest BCUT2D eigenvalue weighted by Gasteiger charge is -2.16. The van der Waals surface area contributed by atoms with Gasteiger partial charge in [0, 0.05) is 10.9 Å². The molecule has 6 nitrogen and oxygen atoms in total. The minimum Gasteiger partial charge on any atom is -0.394 e. The third-order valence-corrected chi connectivity index (χ3v) is 4.17. The second-order valence-corrected chi connectivity index (χ2v) is 5.71. The van der Waals surface area contributed by atoms with E-state index in [0.29, 0.717) is 16.6 Å². The molecule has 0 aromatic carbocycles. The minimum absolute atomic E-state index is 0.249. The number of H-pyrrole nitrogens is 1. The highest BCUT2D eigenvalue weighted by atomic mass is 32.1. The highest BCUT2D eigenvalue weighted by Crippen LogP contribution is 2.34. The van der Waals surface area contributed by atoms with Crippen molar-refractivity contribution in [1.82, 2.24) is 9.97 Å². The molecule has 2 aromatic rings. The van der Waals surface area contributed by atoms with Crippen LogP contribution in [0.4, 0.5) is 4.39 Å². The van der Waals surface area contributed by atoms with Crippen LogP contribution in [0.25, 0.3) is 11.0 Å². The molecule has 8 heteroatoms. The molecule has 1 saturated heterocycles. The standard InChI is InChI=1S/C14H15FN2O4S/c1-5-8(15)3-6-2-7(14(22)17-13(6)16-5)12-11(20)10(19)9(4-18)21-12/h2-3,9-12,18-20H,4H2,1H3,(H,16,17,22)/t9-,10?,11?,12+/m1/s1. The van der Waals surface area contributed by atoms with E-state index in [0.717, 1.165) is 0 Å². The molecule has 0 spiro atoms. The number of hydrogen-bond acceptors (Lipinski definition) is 6. The van der Waals surface area contributed by atoms with Crippen LogP contribution in [0.3, 0.4) is 0 Å². The van der Waals surface area contributed by atoms with E-state index in [-0.39, 0.29) is 10.3 Å². The molecule has 2 aromatic heterocycles. The van der Waals surface area contributed by atoms with Crippen molar-refractivity contribution >= 4 is 23.3 Å². The van der Waals surface area contributed by atoms with Gasteiger partial charge < -0.3 is 25.0 Å². The van der Waals surface area contributed by atoms with E-state index in [4.69, 9.17) is 22.1 Å². The molecule has 1 aliphatic heterocycles. The third-order valence-electron chi connectivity index (χ3n) is 3.83. The van der Waals surface area contributed by atoms with Gasteiger partial charge in [-0.05, 0) is 19.1 Å². The maximum absolute atomic E-state index is 13.7. The summed E-state index contributed by atoms with van der Waals surface area (Å²) in [5.41, 5.74) is 1.09. The van der Waals surface area contributed by atoms with Crippen LogP contribution in [-0.2, 0) is 4.74 Å². The lowest BCUT2D eigenvalue weighted by molar-refractivity contribution is -0.0229. The highest BCUT2D eigenvalue weighted by Gasteiger charge is 2.43. The van der Waals surface area contributed by atoms with Crippen LogP contribution in [0.5, 0.6) is 0 Å². The summed E-state index contributed by atoms with van der Waals surface area (Å²) in [7, 11) is 0. The molecule has 3 rings (SSSR count). The zero-order valence-corrected chi connectivity index (χ0v) is 12.5. The number of aromatic nitrogens is 2. The van der Waals surface area contributed by atoms with Crippen LogP contribution in [0.15, 0.2) is 12.1 Å². The van der Waals surface area contributed by atoms with Crippen molar-refractivity contribution in [3.63, 3.8) is 0 Å². The van der Waals surface area contributed by atoms with Crippen molar-refractivity contribution < 1.29 is 24.4 Å². The number of ether oxygens (including phenoxy) is 1. The molecule has 1 fully saturated rings. The Morgan fingerprint density at radius 3 is 2.73 bits per heavy atom. The number of aliphatic hydroxyl groups is 3. The fraction of sp³-hybridized carbons (Fsp3) is 0.429. The van der Waals surface area contributed by atoms with Crippen LogP contribution in [-0.4, -0.2) is 50.2 Å². The number of nitrogens with one attached hydrogen (secondary N) is 1. The van der Waals surface area contributed by atoms with Gasteiger partial charge in [0.1, 0.15) is 40.5 Å². The van der Waals surface area contributed by atoms with Crippen LogP contribution in [0, 0.1) is 17.4 Å². The number of halogens is 1. The monoisotopic (exact) mass is 326 g/mol. The summed E-state index contributed by atoms with van der Waals surface area (Å²) < 4.78 is 19.4. The topological polar surface area (TPSA) is 98.6 Å². The summed E-state index contributed by atoms with van der Waals surface area (Å²) in [6, 6.07) is 2.89. The predicted octanol–water partition coefficient (Wildman–Crippen LogP) is 0.894. The van der Waals surface area contributed by atoms with E-state index in [1.165, 1.54) is 6.07 Å². The minimum atomic E-state index is -1.23. The zero-order chi connectivity index (χ0) is 16.0. The van der Waals surface area contributed by atoms with E-state index >= 15 is 0 Å². The second kappa shape index (κ2) is 5.64. The van der Waals surface area contributed by atoms with Gasteiger partial charge in [-0.3, -0.25) is 0 Å². The average molecular weight is 326 g/mol. The van der Waals surface area contributed by atoms with Gasteiger partial charge in [0.15, 0.2) is 0 Å². The molecule has 0 amide bonds. The van der Waals surface area contributed by atoms with Crippen LogP contribution < -0.4 is 0 Å². The first-order valence-electron chi connectivity index (χ1n) is 6.75. The van der Waals surface area contributed by atoms with Gasteiger partial charge in [0.25, 0.3) is 0 Å². The maximum atomic E-state index is 13.7. The van der Waals surface area contributed by atoms with Gasteiger partial charge >= 0.3 is 0 Å². The van der Waals surface area contributed by atoms with Gasteiger partial charge in [0.2, 0.25) is 0 Å². The van der Waals surface area contributed by atoms with Crippen molar-refractivity contribution in [2.24, 2.45) is 0 Å². The number of fused-ring (bicyclic) bond motifs is 1. The second-order valence-electron chi connectivity index (χ2n) is 5.31. The SMILES string of the molecule is Cc1nc2[nH]c(=S)c([C@@H]3O[C@H](CO)C(O)C3O)cc2cc1F. The summed E-state index contributed by atoms with van der Waals surface area (Å²) >= 11 is 5.23. The molecule has 1 aliphatic rings. The Morgan fingerprint density at radius 1 is 1.36 bits per heavy atom. The van der Waals surface area contributed by atoms with Gasteiger partial charge in [-0.15, -0.1) is 0 Å². The molecular formula is C14H15FN2O4S. The van der Waals surface area contributed by atoms with Gasteiger partial charge in [-0.25, -0.2) is 9.37 Å². The smallest absolute Gasteiger partial charge is 0.145 e. The van der Waals surface area contributed by atoms with Crippen LogP contribution in [0.2, 0.25) is 0 Å². The highest BCUT2D eigenvalue weighted by molar-refractivity contribution is 7.71. The molecular weight excluding hydrogens is 311 g/mol. The van der Waals surface area contributed by atoms with Crippen molar-refractivity contribution in [2.75, 3.05) is 6.61 Å². The fourth-order valence-corrected chi connectivity index (χ4v) is 2.86. The first-order valence-corrected chi connectivity index (χ1v) is 7.15. The van der Waals surface area contributed by atoms with Crippen molar-refractivity contribution in [2.45, 2.75) is 31.3 Å². The number of hydrogen-bond donors (Lipinski definition) is 4. The van der Waals surface area contributed by atoms with Gasteiger partial charge in [-0.1, -0.05) is 12.2 Å². The van der Waals surface area contributed by atoms with E-state index in [9.17, 15) is 14.6 Å². The molecule has 4 atom stereocenters. The Balaban J connectivity index is 2.10. The van der Waals surface area contributed by atoms with Gasteiger partial charge in [-0.2, -0.15) is 0 Å². The molecule has 0 aliphatic carbocycles. The quantitative estimate of drug-likeness (QED) is 0.612. The number of aryl methyl sites for hydroxylation is 1. The molecule has 0 bridgehead atoms. The average Bonchev–Trinajstić information content (AvgIpc) is 2.76. The Morgan fingerprint density at radius 2 is 2.09 bits per heavy atom. The van der Waals surface area contributed by atoms with Crippen LogP contribution >= 0.6 is 12.2 Å². The molecule has 0 saturated carbocycles. The molecule has 22 heavy (non-hydrogen) atoms. The third kappa shape index (κ3) is 2.42. The first-order chi connectivity index (χ1) is 10.4. The molecule has 0 radical (unpaired) electrons. The van der Waals surface area contributed by atoms with Crippen molar-refractivity contribution in [3.05, 3.63) is 33.8 Å². The summed E-state index contributed by atoms with van der Waals surface area (Å²) in [5, 5.41) is 29.5. The molecule has 2 unspecified atom stereocenters. The Hall–Kier alpha value is -1.45. The van der Waals surface area contributed by atoms with Crippen molar-refractivity contribution in [3.8, 4) is 0 Å². The Bertz CT molecular complexity index is 781. The summed E-state index contributed by atoms with van der Waals surface area (Å²) in [5.74, 6) is -0.454. The predicted molar refractivity (Wildman–Crippen MR) is 78.3 cm³/mol. The van der Waals surface area contributed by atoms with E-state index in [2.05, 4.69) is 9.97 Å². The van der Waals surface area contributed by atoms with E-state index in [1.807, 2.05) is 0 Å². The number of rotatable bonds is 2. The van der Waals surface area contributed by atoms with E-state index < -0.39 is 36.8 Å². The first kappa shape index (κ1) is 15.4. The Kier molecular flexibility index (Phi) is 3.96. The van der Waals surface area contributed by atoms with Crippen molar-refractivity contribution in [1.29, 1.82) is 0 Å². The lowest BCUT2D eigenvalue weighted by atomic mass is 10.0. The zero-order valence-electron chi connectivity index (χ0n) is 11.7. The van der Waals surface area contributed by atoms with Gasteiger partial charge in [0.05, 0.1) is 12.3 Å². The fourth-order valence-electron chi connectivity index (χ4n) is 2.59. The Labute approximate surface area is 130 Å². The summed E-state index contributed by atoms with van der Waals surface area (Å²) in [6.45, 7) is 1.12.